The highest BCUT2D eigenvalue weighted by Gasteiger charge is 2.28. The number of anilines is 1. The molecule has 0 fully saturated rings. The Morgan fingerprint density at radius 3 is 2.32 bits per heavy atom. The number of nitrogens with zero attached hydrogens (tertiary/aromatic N) is 1. The van der Waals surface area contributed by atoms with E-state index in [0.717, 1.165) is 5.56 Å². The second-order valence-electron chi connectivity index (χ2n) is 6.29. The highest BCUT2D eigenvalue weighted by molar-refractivity contribution is 7.89. The molecule has 0 bridgehead atoms. The van der Waals surface area contributed by atoms with Crippen molar-refractivity contribution >= 4 is 21.6 Å². The molecule has 0 saturated carbocycles. The van der Waals surface area contributed by atoms with Crippen LogP contribution in [-0.2, 0) is 21.4 Å². The SMILES string of the molecule is CC(=O)Nc1ccc(C)c(S(=O)(=O)N(Cc2ccccc2)C(C)C)c1. The maximum Gasteiger partial charge on any atom is 0.243 e. The number of carbonyl (C=O) groups excluding carboxylic acids is 1. The van der Waals surface area contributed by atoms with Crippen molar-refractivity contribution < 1.29 is 13.2 Å². The second kappa shape index (κ2) is 7.80. The van der Waals surface area contributed by atoms with Gasteiger partial charge in [0.15, 0.2) is 0 Å². The van der Waals surface area contributed by atoms with Gasteiger partial charge in [0.1, 0.15) is 0 Å². The Bertz CT molecular complexity index is 846. The van der Waals surface area contributed by atoms with Crippen LogP contribution in [0, 0.1) is 6.92 Å². The van der Waals surface area contributed by atoms with Crippen molar-refractivity contribution in [2.45, 2.75) is 45.2 Å². The van der Waals surface area contributed by atoms with Crippen LogP contribution >= 0.6 is 0 Å². The van der Waals surface area contributed by atoms with Crippen LogP contribution in [0.3, 0.4) is 0 Å². The van der Waals surface area contributed by atoms with Crippen molar-refractivity contribution in [1.29, 1.82) is 0 Å². The Hall–Kier alpha value is -2.18. The third-order valence-electron chi connectivity index (χ3n) is 3.85. The number of nitrogens with one attached hydrogen (secondary N) is 1. The molecule has 0 atom stereocenters. The molecule has 6 heteroatoms. The molecule has 0 aliphatic rings. The highest BCUT2D eigenvalue weighted by atomic mass is 32.2. The van der Waals surface area contributed by atoms with Crippen LogP contribution in [0.1, 0.15) is 31.9 Å². The molecule has 0 aliphatic heterocycles. The molecule has 0 aromatic heterocycles. The van der Waals surface area contributed by atoms with Gasteiger partial charge in [0, 0.05) is 25.2 Å². The largest absolute Gasteiger partial charge is 0.326 e. The molecule has 0 saturated heterocycles. The van der Waals surface area contributed by atoms with E-state index in [-0.39, 0.29) is 16.8 Å². The summed E-state index contributed by atoms with van der Waals surface area (Å²) in [4.78, 5) is 11.5. The molecule has 2 aromatic rings. The highest BCUT2D eigenvalue weighted by Crippen LogP contribution is 2.26. The van der Waals surface area contributed by atoms with Gasteiger partial charge in [0.05, 0.1) is 4.90 Å². The van der Waals surface area contributed by atoms with Crippen LogP contribution in [0.5, 0.6) is 0 Å². The van der Waals surface area contributed by atoms with E-state index in [0.29, 0.717) is 17.8 Å². The Balaban J connectivity index is 2.44. The van der Waals surface area contributed by atoms with E-state index in [2.05, 4.69) is 5.32 Å². The minimum absolute atomic E-state index is 0.200. The maximum atomic E-state index is 13.3. The van der Waals surface area contributed by atoms with Crippen LogP contribution in [-0.4, -0.2) is 24.7 Å². The van der Waals surface area contributed by atoms with E-state index >= 15 is 0 Å². The first-order valence-electron chi connectivity index (χ1n) is 8.16. The lowest BCUT2D eigenvalue weighted by molar-refractivity contribution is -0.114. The Kier molecular flexibility index (Phi) is 5.98. The van der Waals surface area contributed by atoms with Gasteiger partial charge in [-0.1, -0.05) is 36.4 Å². The number of aryl methyl sites for hydroxylation is 1. The van der Waals surface area contributed by atoms with E-state index in [4.69, 9.17) is 0 Å². The molecule has 0 heterocycles. The summed E-state index contributed by atoms with van der Waals surface area (Å²) in [5, 5.41) is 2.64. The number of sulfonamides is 1. The number of carbonyl (C=O) groups is 1. The fourth-order valence-corrected chi connectivity index (χ4v) is 4.47. The van der Waals surface area contributed by atoms with Gasteiger partial charge in [0.2, 0.25) is 15.9 Å². The van der Waals surface area contributed by atoms with Gasteiger partial charge in [-0.2, -0.15) is 4.31 Å². The van der Waals surface area contributed by atoms with Crippen molar-refractivity contribution in [2.75, 3.05) is 5.32 Å². The summed E-state index contributed by atoms with van der Waals surface area (Å²) in [5.74, 6) is -0.239. The predicted molar refractivity (Wildman–Crippen MR) is 99.8 cm³/mol. The molecule has 0 unspecified atom stereocenters. The van der Waals surface area contributed by atoms with Gasteiger partial charge in [-0.25, -0.2) is 8.42 Å². The fourth-order valence-electron chi connectivity index (χ4n) is 2.59. The topological polar surface area (TPSA) is 66.5 Å². The monoisotopic (exact) mass is 360 g/mol. The van der Waals surface area contributed by atoms with E-state index in [9.17, 15) is 13.2 Å². The van der Waals surface area contributed by atoms with Crippen LogP contribution < -0.4 is 5.32 Å². The summed E-state index contributed by atoms with van der Waals surface area (Å²) in [7, 11) is -3.71. The summed E-state index contributed by atoms with van der Waals surface area (Å²) in [6, 6.07) is 14.2. The molecule has 2 rings (SSSR count). The Morgan fingerprint density at radius 2 is 1.76 bits per heavy atom. The molecule has 2 aromatic carbocycles. The lowest BCUT2D eigenvalue weighted by Gasteiger charge is -2.27. The van der Waals surface area contributed by atoms with Gasteiger partial charge in [0.25, 0.3) is 0 Å². The van der Waals surface area contributed by atoms with E-state index in [1.54, 1.807) is 19.1 Å². The van der Waals surface area contributed by atoms with Crippen LogP contribution in [0.4, 0.5) is 5.69 Å². The second-order valence-corrected chi connectivity index (χ2v) is 8.15. The summed E-state index contributed by atoms with van der Waals surface area (Å²) in [6.07, 6.45) is 0. The molecular formula is C19H24N2O3S. The zero-order valence-electron chi connectivity index (χ0n) is 15.0. The molecule has 0 radical (unpaired) electrons. The third-order valence-corrected chi connectivity index (χ3v) is 6.02. The average molecular weight is 360 g/mol. The van der Waals surface area contributed by atoms with Crippen LogP contribution in [0.15, 0.2) is 53.4 Å². The normalized spacial score (nSPS) is 11.8. The molecule has 5 nitrogen and oxygen atoms in total. The molecule has 1 N–H and O–H groups in total. The van der Waals surface area contributed by atoms with E-state index in [1.165, 1.54) is 17.3 Å². The van der Waals surface area contributed by atoms with Crippen LogP contribution in [0.2, 0.25) is 0 Å². The first-order valence-corrected chi connectivity index (χ1v) is 9.60. The fraction of sp³-hybridized carbons (Fsp3) is 0.316. The van der Waals surface area contributed by atoms with Crippen LogP contribution in [0.25, 0.3) is 0 Å². The third kappa shape index (κ3) is 4.67. The summed E-state index contributed by atoms with van der Waals surface area (Å²) in [5.41, 5.74) is 2.04. The lowest BCUT2D eigenvalue weighted by Crippen LogP contribution is -2.36. The summed E-state index contributed by atoms with van der Waals surface area (Å²) < 4.78 is 28.0. The lowest BCUT2D eigenvalue weighted by atomic mass is 10.2. The average Bonchev–Trinajstić information content (AvgIpc) is 2.54. The molecule has 1 amide bonds. The van der Waals surface area contributed by atoms with Gasteiger partial charge in [-0.05, 0) is 44.0 Å². The van der Waals surface area contributed by atoms with Gasteiger partial charge >= 0.3 is 0 Å². The van der Waals surface area contributed by atoms with Gasteiger partial charge in [-0.3, -0.25) is 4.79 Å². The van der Waals surface area contributed by atoms with E-state index in [1.807, 2.05) is 44.2 Å². The molecule has 25 heavy (non-hydrogen) atoms. The van der Waals surface area contributed by atoms with E-state index < -0.39 is 10.0 Å². The quantitative estimate of drug-likeness (QED) is 0.857. The zero-order valence-corrected chi connectivity index (χ0v) is 15.8. The Morgan fingerprint density at radius 1 is 1.12 bits per heavy atom. The van der Waals surface area contributed by atoms with Crippen molar-refractivity contribution in [3.8, 4) is 0 Å². The maximum absolute atomic E-state index is 13.3. The number of hydrogen-bond acceptors (Lipinski definition) is 3. The van der Waals surface area contributed by atoms with Crippen molar-refractivity contribution in [1.82, 2.24) is 4.31 Å². The summed E-state index contributed by atoms with van der Waals surface area (Å²) in [6.45, 7) is 7.15. The molecular weight excluding hydrogens is 336 g/mol. The molecule has 0 aliphatic carbocycles. The first-order chi connectivity index (χ1) is 11.7. The molecule has 134 valence electrons. The summed E-state index contributed by atoms with van der Waals surface area (Å²) >= 11 is 0. The predicted octanol–water partition coefficient (Wildman–Crippen LogP) is 3.55. The standard InChI is InChI=1S/C19H24N2O3S/c1-14(2)21(13-17-8-6-5-7-9-17)25(23,24)19-12-18(20-16(4)22)11-10-15(19)3/h5-12,14H,13H2,1-4H3,(H,20,22). The molecule has 0 spiro atoms. The Labute approximate surface area is 149 Å². The number of amides is 1. The zero-order chi connectivity index (χ0) is 18.6. The minimum Gasteiger partial charge on any atom is -0.326 e. The smallest absolute Gasteiger partial charge is 0.243 e. The van der Waals surface area contributed by atoms with Crippen molar-refractivity contribution in [3.05, 3.63) is 59.7 Å². The number of benzene rings is 2. The number of hydrogen-bond donors (Lipinski definition) is 1. The van der Waals surface area contributed by atoms with Gasteiger partial charge < -0.3 is 5.32 Å². The number of rotatable bonds is 6. The van der Waals surface area contributed by atoms with Crippen molar-refractivity contribution in [2.24, 2.45) is 0 Å². The first kappa shape index (κ1) is 19.1. The van der Waals surface area contributed by atoms with Gasteiger partial charge in [-0.15, -0.1) is 0 Å². The van der Waals surface area contributed by atoms with Crippen molar-refractivity contribution in [3.63, 3.8) is 0 Å². The minimum atomic E-state index is -3.71.